The highest BCUT2D eigenvalue weighted by atomic mass is 16.5. The van der Waals surface area contributed by atoms with Gasteiger partial charge in [0, 0.05) is 23.5 Å². The molecule has 3 nitrogen and oxygen atoms in total. The highest BCUT2D eigenvalue weighted by Gasteiger charge is 2.03. The summed E-state index contributed by atoms with van der Waals surface area (Å²) in [6, 6.07) is 30.4. The van der Waals surface area contributed by atoms with Crippen LogP contribution in [0.4, 0.5) is 11.4 Å². The van der Waals surface area contributed by atoms with Gasteiger partial charge in [-0.25, -0.2) is 0 Å². The van der Waals surface area contributed by atoms with E-state index in [1.54, 1.807) is 18.2 Å². The molecule has 0 aliphatic rings. The first-order valence-corrected chi connectivity index (χ1v) is 9.18. The summed E-state index contributed by atoms with van der Waals surface area (Å²) in [5, 5.41) is 0. The van der Waals surface area contributed by atoms with Crippen molar-refractivity contribution in [2.24, 2.45) is 0 Å². The molecule has 0 spiro atoms. The molecule has 4 aromatic rings. The van der Waals surface area contributed by atoms with Crippen molar-refractivity contribution < 1.29 is 4.74 Å². The van der Waals surface area contributed by atoms with Gasteiger partial charge < -0.3 is 16.2 Å². The van der Waals surface area contributed by atoms with Crippen molar-refractivity contribution in [3.8, 4) is 33.8 Å². The fourth-order valence-corrected chi connectivity index (χ4v) is 3.16. The highest BCUT2D eigenvalue weighted by Crippen LogP contribution is 2.29. The fourth-order valence-electron chi connectivity index (χ4n) is 3.16. The number of hydrogen-bond acceptors (Lipinski definition) is 3. The minimum absolute atomic E-state index is 0.584. The van der Waals surface area contributed by atoms with E-state index < -0.39 is 0 Å². The van der Waals surface area contributed by atoms with E-state index in [-0.39, 0.29) is 0 Å². The highest BCUT2D eigenvalue weighted by molar-refractivity contribution is 5.71. The summed E-state index contributed by atoms with van der Waals surface area (Å²) >= 11 is 0. The molecule has 4 aromatic carbocycles. The molecule has 0 unspecified atom stereocenters. The maximum atomic E-state index is 5.86. The lowest BCUT2D eigenvalue weighted by molar-refractivity contribution is 0.483. The van der Waals surface area contributed by atoms with Gasteiger partial charge in [0.05, 0.1) is 0 Å². The Morgan fingerprint density at radius 3 is 1.36 bits per heavy atom. The number of nitrogens with two attached hydrogens (primary N) is 2. The van der Waals surface area contributed by atoms with Gasteiger partial charge in [0.15, 0.2) is 0 Å². The molecular formula is C25H22N2O. The third-order valence-corrected chi connectivity index (χ3v) is 4.64. The summed E-state index contributed by atoms with van der Waals surface area (Å²) in [6.07, 6.45) is 0. The predicted octanol–water partition coefficient (Wildman–Crippen LogP) is 6.29. The molecule has 0 amide bonds. The van der Waals surface area contributed by atoms with Gasteiger partial charge in [-0.3, -0.25) is 0 Å². The molecule has 138 valence electrons. The lowest BCUT2D eigenvalue weighted by atomic mass is 10.00. The van der Waals surface area contributed by atoms with Gasteiger partial charge in [-0.2, -0.15) is 0 Å². The average molecular weight is 366 g/mol. The number of nitrogen functional groups attached to an aromatic ring is 2. The van der Waals surface area contributed by atoms with Crippen LogP contribution in [0.3, 0.4) is 0 Å². The molecule has 0 radical (unpaired) electrons. The number of rotatable bonds is 4. The van der Waals surface area contributed by atoms with Crippen molar-refractivity contribution in [1.29, 1.82) is 0 Å². The van der Waals surface area contributed by atoms with Gasteiger partial charge in [0.2, 0.25) is 0 Å². The van der Waals surface area contributed by atoms with Crippen LogP contribution in [0.1, 0.15) is 5.56 Å². The minimum atomic E-state index is 0.584. The normalized spacial score (nSPS) is 10.6. The van der Waals surface area contributed by atoms with E-state index >= 15 is 0 Å². The standard InChI is InChI=1S/C25H22N2O/c1-17-2-4-18(5-3-17)19-6-8-20(9-7-19)21-10-12-24(13-11-21)28-25-15-22(26)14-23(27)16-25/h2-16H,26-27H2,1H3. The van der Waals surface area contributed by atoms with Crippen LogP contribution < -0.4 is 16.2 Å². The third kappa shape index (κ3) is 3.99. The Kier molecular flexibility index (Phi) is 4.73. The Bertz CT molecular complexity index is 1060. The summed E-state index contributed by atoms with van der Waals surface area (Å²) < 4.78 is 5.86. The summed E-state index contributed by atoms with van der Waals surface area (Å²) in [6.45, 7) is 2.10. The number of anilines is 2. The Morgan fingerprint density at radius 1 is 0.500 bits per heavy atom. The third-order valence-electron chi connectivity index (χ3n) is 4.64. The number of ether oxygens (including phenoxy) is 1. The quantitative estimate of drug-likeness (QED) is 0.417. The Balaban J connectivity index is 1.51. The molecule has 3 heteroatoms. The summed E-state index contributed by atoms with van der Waals surface area (Å²) in [7, 11) is 0. The Hall–Kier alpha value is -3.72. The second-order valence-electron chi connectivity index (χ2n) is 6.91. The number of aryl methyl sites for hydroxylation is 1. The van der Waals surface area contributed by atoms with Gasteiger partial charge >= 0.3 is 0 Å². The molecule has 0 bridgehead atoms. The number of hydrogen-bond donors (Lipinski definition) is 2. The van der Waals surface area contributed by atoms with Gasteiger partial charge in [-0.1, -0.05) is 66.2 Å². The van der Waals surface area contributed by atoms with Crippen molar-refractivity contribution in [3.05, 3.63) is 96.6 Å². The SMILES string of the molecule is Cc1ccc(-c2ccc(-c3ccc(Oc4cc(N)cc(N)c4)cc3)cc2)cc1. The monoisotopic (exact) mass is 366 g/mol. The first-order chi connectivity index (χ1) is 13.6. The van der Waals surface area contributed by atoms with Crippen molar-refractivity contribution in [2.45, 2.75) is 6.92 Å². The zero-order valence-corrected chi connectivity index (χ0v) is 15.7. The first-order valence-electron chi connectivity index (χ1n) is 9.18. The lowest BCUT2D eigenvalue weighted by Crippen LogP contribution is -1.92. The van der Waals surface area contributed by atoms with Crippen molar-refractivity contribution in [2.75, 3.05) is 11.5 Å². The molecule has 0 fully saturated rings. The second kappa shape index (κ2) is 7.49. The smallest absolute Gasteiger partial charge is 0.131 e. The molecule has 0 saturated heterocycles. The molecule has 0 aliphatic carbocycles. The summed E-state index contributed by atoms with van der Waals surface area (Å²) in [5.74, 6) is 1.37. The largest absolute Gasteiger partial charge is 0.457 e. The zero-order valence-electron chi connectivity index (χ0n) is 15.7. The van der Waals surface area contributed by atoms with Crippen LogP contribution in [0.25, 0.3) is 22.3 Å². The van der Waals surface area contributed by atoms with Gasteiger partial charge in [-0.05, 0) is 47.4 Å². The molecule has 0 saturated carbocycles. The number of benzene rings is 4. The molecule has 0 atom stereocenters. The van der Waals surface area contributed by atoms with Crippen LogP contribution in [0, 0.1) is 6.92 Å². The Labute approximate surface area is 165 Å². The summed E-state index contributed by atoms with van der Waals surface area (Å²) in [4.78, 5) is 0. The van der Waals surface area contributed by atoms with E-state index in [9.17, 15) is 0 Å². The van der Waals surface area contributed by atoms with Crippen LogP contribution in [-0.4, -0.2) is 0 Å². The molecule has 0 aromatic heterocycles. The molecular weight excluding hydrogens is 344 g/mol. The van der Waals surface area contributed by atoms with E-state index in [0.717, 1.165) is 16.9 Å². The van der Waals surface area contributed by atoms with E-state index in [2.05, 4.69) is 55.5 Å². The van der Waals surface area contributed by atoms with E-state index in [1.165, 1.54) is 16.7 Å². The molecule has 28 heavy (non-hydrogen) atoms. The second-order valence-corrected chi connectivity index (χ2v) is 6.91. The molecule has 0 aliphatic heterocycles. The van der Waals surface area contributed by atoms with Crippen LogP contribution in [0.15, 0.2) is 91.0 Å². The van der Waals surface area contributed by atoms with Crippen molar-refractivity contribution >= 4 is 11.4 Å². The van der Waals surface area contributed by atoms with Crippen LogP contribution in [0.5, 0.6) is 11.5 Å². The van der Waals surface area contributed by atoms with Crippen molar-refractivity contribution in [3.63, 3.8) is 0 Å². The van der Waals surface area contributed by atoms with Crippen molar-refractivity contribution in [1.82, 2.24) is 0 Å². The minimum Gasteiger partial charge on any atom is -0.457 e. The van der Waals surface area contributed by atoms with E-state index in [4.69, 9.17) is 16.2 Å². The lowest BCUT2D eigenvalue weighted by Gasteiger charge is -2.09. The average Bonchev–Trinajstić information content (AvgIpc) is 2.69. The van der Waals surface area contributed by atoms with Crippen LogP contribution in [-0.2, 0) is 0 Å². The van der Waals surface area contributed by atoms with Gasteiger partial charge in [0.1, 0.15) is 11.5 Å². The van der Waals surface area contributed by atoms with E-state index in [0.29, 0.717) is 17.1 Å². The Morgan fingerprint density at radius 2 is 0.893 bits per heavy atom. The summed E-state index contributed by atoms with van der Waals surface area (Å²) in [5.41, 5.74) is 18.8. The van der Waals surface area contributed by atoms with E-state index in [1.807, 2.05) is 24.3 Å². The van der Waals surface area contributed by atoms with Gasteiger partial charge in [-0.15, -0.1) is 0 Å². The molecule has 4 N–H and O–H groups in total. The maximum absolute atomic E-state index is 5.86. The fraction of sp³-hybridized carbons (Fsp3) is 0.0400. The van der Waals surface area contributed by atoms with Crippen LogP contribution >= 0.6 is 0 Å². The maximum Gasteiger partial charge on any atom is 0.131 e. The predicted molar refractivity (Wildman–Crippen MR) is 117 cm³/mol. The topological polar surface area (TPSA) is 61.3 Å². The van der Waals surface area contributed by atoms with Gasteiger partial charge in [0.25, 0.3) is 0 Å². The molecule has 4 rings (SSSR count). The van der Waals surface area contributed by atoms with Crippen LogP contribution in [0.2, 0.25) is 0 Å². The molecule has 0 heterocycles. The zero-order chi connectivity index (χ0) is 19.5. The first kappa shape index (κ1) is 17.7.